The Morgan fingerprint density at radius 2 is 1.72 bits per heavy atom. The van der Waals surface area contributed by atoms with E-state index in [9.17, 15) is 0 Å². The van der Waals surface area contributed by atoms with Gasteiger partial charge in [0.15, 0.2) is 11.0 Å². The quantitative estimate of drug-likeness (QED) is 0.408. The summed E-state index contributed by atoms with van der Waals surface area (Å²) in [6.07, 6.45) is 2.71. The van der Waals surface area contributed by atoms with Gasteiger partial charge in [-0.25, -0.2) is 0 Å². The maximum Gasteiger partial charge on any atom is 0.196 e. The summed E-state index contributed by atoms with van der Waals surface area (Å²) in [4.78, 5) is 4.40. The van der Waals surface area contributed by atoms with Gasteiger partial charge in [-0.15, -0.1) is 10.2 Å². The molecule has 0 radical (unpaired) electrons. The van der Waals surface area contributed by atoms with Gasteiger partial charge in [-0.3, -0.25) is 9.55 Å². The van der Waals surface area contributed by atoms with E-state index < -0.39 is 0 Å². The number of aryl methyl sites for hydroxylation is 2. The van der Waals surface area contributed by atoms with Gasteiger partial charge in [0.05, 0.1) is 7.11 Å². The third-order valence-corrected chi connectivity index (χ3v) is 5.52. The number of nitrogens with zero attached hydrogens (tertiary/aromatic N) is 4. The Bertz CT molecular complexity index is 1060. The lowest BCUT2D eigenvalue weighted by molar-refractivity contribution is 0.415. The van der Waals surface area contributed by atoms with Crippen LogP contribution >= 0.6 is 11.8 Å². The van der Waals surface area contributed by atoms with Crippen LogP contribution in [0.25, 0.3) is 17.1 Å². The summed E-state index contributed by atoms with van der Waals surface area (Å²) in [6.45, 7) is 2.09. The summed E-state index contributed by atoms with van der Waals surface area (Å²) in [5.41, 5.74) is 4.34. The number of rotatable bonds is 7. The Morgan fingerprint density at radius 3 is 2.41 bits per heavy atom. The van der Waals surface area contributed by atoms with Gasteiger partial charge >= 0.3 is 0 Å². The largest absolute Gasteiger partial charge is 0.497 e. The topological polar surface area (TPSA) is 52.8 Å². The zero-order valence-corrected chi connectivity index (χ0v) is 17.3. The van der Waals surface area contributed by atoms with E-state index in [1.165, 1.54) is 5.56 Å². The first-order chi connectivity index (χ1) is 14.2. The number of ether oxygens (including phenoxy) is 1. The predicted octanol–water partition coefficient (Wildman–Crippen LogP) is 4.98. The van der Waals surface area contributed by atoms with Crippen molar-refractivity contribution < 1.29 is 4.74 Å². The van der Waals surface area contributed by atoms with Crippen LogP contribution < -0.4 is 4.74 Å². The van der Waals surface area contributed by atoms with Crippen LogP contribution in [-0.4, -0.2) is 32.6 Å². The Hall–Kier alpha value is -3.12. The first kappa shape index (κ1) is 19.2. The average Bonchev–Trinajstić information content (AvgIpc) is 3.19. The lowest BCUT2D eigenvalue weighted by Gasteiger charge is -2.11. The molecule has 4 aromatic rings. The molecule has 2 aromatic heterocycles. The average molecular weight is 403 g/mol. The van der Waals surface area contributed by atoms with Gasteiger partial charge in [0.2, 0.25) is 0 Å². The fourth-order valence-corrected chi connectivity index (χ4v) is 3.92. The van der Waals surface area contributed by atoms with E-state index in [0.717, 1.165) is 45.8 Å². The summed E-state index contributed by atoms with van der Waals surface area (Å²) in [6, 6.07) is 22.3. The van der Waals surface area contributed by atoms with Crippen LogP contribution in [0.4, 0.5) is 0 Å². The Balaban J connectivity index is 1.65. The van der Waals surface area contributed by atoms with Crippen LogP contribution in [0.1, 0.15) is 11.3 Å². The number of aromatic nitrogens is 4. The molecule has 146 valence electrons. The van der Waals surface area contributed by atoms with E-state index in [-0.39, 0.29) is 0 Å². The molecule has 0 bridgehead atoms. The van der Waals surface area contributed by atoms with E-state index in [4.69, 9.17) is 4.74 Å². The van der Waals surface area contributed by atoms with Crippen molar-refractivity contribution in [3.05, 3.63) is 84.2 Å². The monoisotopic (exact) mass is 402 g/mol. The number of benzene rings is 2. The molecule has 0 spiro atoms. The second-order valence-corrected chi connectivity index (χ2v) is 7.69. The van der Waals surface area contributed by atoms with Crippen molar-refractivity contribution in [2.75, 3.05) is 12.9 Å². The van der Waals surface area contributed by atoms with E-state index >= 15 is 0 Å². The van der Waals surface area contributed by atoms with Crippen molar-refractivity contribution in [2.45, 2.75) is 18.5 Å². The van der Waals surface area contributed by atoms with Crippen molar-refractivity contribution >= 4 is 11.8 Å². The highest BCUT2D eigenvalue weighted by Gasteiger charge is 2.16. The number of hydrogen-bond donors (Lipinski definition) is 0. The SMILES string of the molecule is COc1ccc(-c2nnc(SCCc3ccccn3)n2-c2ccc(C)cc2)cc1. The van der Waals surface area contributed by atoms with Crippen LogP contribution in [0.15, 0.2) is 78.1 Å². The molecule has 0 N–H and O–H groups in total. The molecule has 5 nitrogen and oxygen atoms in total. The predicted molar refractivity (Wildman–Crippen MR) is 117 cm³/mol. The number of methoxy groups -OCH3 is 1. The molecule has 2 heterocycles. The van der Waals surface area contributed by atoms with Gasteiger partial charge in [0.25, 0.3) is 0 Å². The third kappa shape index (κ3) is 4.49. The van der Waals surface area contributed by atoms with Gasteiger partial charge in [-0.1, -0.05) is 35.5 Å². The highest BCUT2D eigenvalue weighted by molar-refractivity contribution is 7.99. The van der Waals surface area contributed by atoms with Crippen molar-refractivity contribution in [2.24, 2.45) is 0 Å². The lowest BCUT2D eigenvalue weighted by atomic mass is 10.2. The number of hydrogen-bond acceptors (Lipinski definition) is 5. The minimum absolute atomic E-state index is 0.817. The lowest BCUT2D eigenvalue weighted by Crippen LogP contribution is -2.01. The molecule has 0 amide bonds. The van der Waals surface area contributed by atoms with Crippen LogP contribution in [0, 0.1) is 6.92 Å². The first-order valence-electron chi connectivity index (χ1n) is 9.44. The Labute approximate surface area is 174 Å². The molecule has 0 saturated heterocycles. The van der Waals surface area contributed by atoms with Gasteiger partial charge in [0.1, 0.15) is 5.75 Å². The minimum atomic E-state index is 0.817. The molecule has 0 unspecified atom stereocenters. The van der Waals surface area contributed by atoms with E-state index in [1.54, 1.807) is 18.9 Å². The summed E-state index contributed by atoms with van der Waals surface area (Å²) in [7, 11) is 1.67. The molecule has 29 heavy (non-hydrogen) atoms. The molecule has 0 fully saturated rings. The van der Waals surface area contributed by atoms with E-state index in [0.29, 0.717) is 0 Å². The molecule has 0 aliphatic heterocycles. The normalized spacial score (nSPS) is 10.8. The van der Waals surface area contributed by atoms with Gasteiger partial charge < -0.3 is 4.74 Å². The zero-order valence-electron chi connectivity index (χ0n) is 16.4. The number of thioether (sulfide) groups is 1. The smallest absolute Gasteiger partial charge is 0.196 e. The zero-order chi connectivity index (χ0) is 20.1. The fourth-order valence-electron chi connectivity index (χ4n) is 3.01. The summed E-state index contributed by atoms with van der Waals surface area (Å²) in [5, 5.41) is 9.86. The highest BCUT2D eigenvalue weighted by Crippen LogP contribution is 2.29. The van der Waals surface area contributed by atoms with E-state index in [1.807, 2.05) is 48.7 Å². The van der Waals surface area contributed by atoms with Crippen LogP contribution in [-0.2, 0) is 6.42 Å². The molecular weight excluding hydrogens is 380 g/mol. The highest BCUT2D eigenvalue weighted by atomic mass is 32.2. The molecule has 0 aliphatic carbocycles. The summed E-state index contributed by atoms with van der Waals surface area (Å²) in [5.74, 6) is 2.51. The first-order valence-corrected chi connectivity index (χ1v) is 10.4. The maximum absolute atomic E-state index is 5.28. The van der Waals surface area contributed by atoms with Crippen molar-refractivity contribution in [1.29, 1.82) is 0 Å². The number of pyridine rings is 1. The molecule has 0 saturated carbocycles. The second kappa shape index (κ2) is 8.92. The summed E-state index contributed by atoms with van der Waals surface area (Å²) < 4.78 is 7.40. The third-order valence-electron chi connectivity index (χ3n) is 4.59. The fraction of sp³-hybridized carbons (Fsp3) is 0.174. The molecule has 6 heteroatoms. The van der Waals surface area contributed by atoms with Crippen LogP contribution in [0.5, 0.6) is 5.75 Å². The molecule has 2 aromatic carbocycles. The molecular formula is C23H22N4OS. The van der Waals surface area contributed by atoms with Gasteiger partial charge in [-0.05, 0) is 61.9 Å². The maximum atomic E-state index is 5.28. The molecule has 4 rings (SSSR count). The van der Waals surface area contributed by atoms with Crippen molar-refractivity contribution in [3.8, 4) is 22.8 Å². The van der Waals surface area contributed by atoms with Crippen molar-refractivity contribution in [3.63, 3.8) is 0 Å². The Morgan fingerprint density at radius 1 is 0.931 bits per heavy atom. The molecule has 0 atom stereocenters. The minimum Gasteiger partial charge on any atom is -0.497 e. The van der Waals surface area contributed by atoms with Gasteiger partial charge in [-0.2, -0.15) is 0 Å². The van der Waals surface area contributed by atoms with Crippen molar-refractivity contribution in [1.82, 2.24) is 19.7 Å². The Kier molecular flexibility index (Phi) is 5.91. The van der Waals surface area contributed by atoms with Gasteiger partial charge in [0, 0.05) is 28.9 Å². The molecule has 0 aliphatic rings. The van der Waals surface area contributed by atoms with Crippen LogP contribution in [0.2, 0.25) is 0 Å². The summed E-state index contributed by atoms with van der Waals surface area (Å²) >= 11 is 1.69. The van der Waals surface area contributed by atoms with E-state index in [2.05, 4.69) is 50.9 Å². The second-order valence-electron chi connectivity index (χ2n) is 6.63. The van der Waals surface area contributed by atoms with Crippen LogP contribution in [0.3, 0.4) is 0 Å². The standard InChI is InChI=1S/C23H22N4OS/c1-17-6-10-20(11-7-17)27-22(18-8-12-21(28-2)13-9-18)25-26-23(27)29-16-14-19-5-3-4-15-24-19/h3-13,15H,14,16H2,1-2H3.